The molecule has 0 N–H and O–H groups in total. The molecule has 1 aliphatic rings. The highest BCUT2D eigenvalue weighted by Gasteiger charge is 2.26. The fourth-order valence-electron chi connectivity index (χ4n) is 2.77. The fraction of sp³-hybridized carbons (Fsp3) is 0.714. The first-order valence-corrected chi connectivity index (χ1v) is 6.63. The van der Waals surface area contributed by atoms with E-state index in [9.17, 15) is 5.26 Å². The van der Waals surface area contributed by atoms with Crippen LogP contribution in [0.5, 0.6) is 0 Å². The van der Waals surface area contributed by atoms with Gasteiger partial charge in [0, 0.05) is 20.1 Å². The molecule has 18 heavy (non-hydrogen) atoms. The van der Waals surface area contributed by atoms with Crippen molar-refractivity contribution in [3.05, 3.63) is 11.3 Å². The molecule has 0 aromatic carbocycles. The SMILES string of the molecule is Cc1nn(C)c(N2CCCC(C)(C)CC2)c1C#N. The molecule has 0 amide bonds. The van der Waals surface area contributed by atoms with Crippen molar-refractivity contribution in [1.82, 2.24) is 9.78 Å². The number of nitrogens with zero attached hydrogens (tertiary/aromatic N) is 4. The third-order valence-electron chi connectivity index (χ3n) is 3.94. The second kappa shape index (κ2) is 4.64. The predicted molar refractivity (Wildman–Crippen MR) is 72.5 cm³/mol. The van der Waals surface area contributed by atoms with Crippen LogP contribution < -0.4 is 4.90 Å². The first-order valence-electron chi connectivity index (χ1n) is 6.63. The zero-order valence-electron chi connectivity index (χ0n) is 11.8. The Hall–Kier alpha value is -1.50. The number of aromatic nitrogens is 2. The molecule has 1 aromatic heterocycles. The molecule has 1 saturated heterocycles. The van der Waals surface area contributed by atoms with Crippen molar-refractivity contribution in [2.24, 2.45) is 12.5 Å². The molecule has 0 aliphatic carbocycles. The minimum atomic E-state index is 0.412. The monoisotopic (exact) mass is 246 g/mol. The molecule has 98 valence electrons. The second-order valence-corrected chi connectivity index (χ2v) is 6.02. The van der Waals surface area contributed by atoms with E-state index < -0.39 is 0 Å². The summed E-state index contributed by atoms with van der Waals surface area (Å²) in [6.07, 6.45) is 3.60. The molecule has 1 fully saturated rings. The van der Waals surface area contributed by atoms with Gasteiger partial charge in [0.05, 0.1) is 5.69 Å². The van der Waals surface area contributed by atoms with Gasteiger partial charge in [0.25, 0.3) is 0 Å². The van der Waals surface area contributed by atoms with Crippen LogP contribution >= 0.6 is 0 Å². The van der Waals surface area contributed by atoms with Crippen molar-refractivity contribution in [2.45, 2.75) is 40.0 Å². The number of hydrogen-bond acceptors (Lipinski definition) is 3. The maximum Gasteiger partial charge on any atom is 0.144 e. The van der Waals surface area contributed by atoms with Crippen molar-refractivity contribution < 1.29 is 0 Å². The van der Waals surface area contributed by atoms with E-state index in [1.54, 1.807) is 0 Å². The van der Waals surface area contributed by atoms with E-state index >= 15 is 0 Å². The van der Waals surface area contributed by atoms with Gasteiger partial charge in [-0.15, -0.1) is 0 Å². The van der Waals surface area contributed by atoms with Gasteiger partial charge in [-0.05, 0) is 31.6 Å². The molecule has 1 aromatic rings. The van der Waals surface area contributed by atoms with Gasteiger partial charge in [0.2, 0.25) is 0 Å². The van der Waals surface area contributed by atoms with Crippen molar-refractivity contribution in [3.8, 4) is 6.07 Å². The van der Waals surface area contributed by atoms with Crippen LogP contribution in [0.2, 0.25) is 0 Å². The van der Waals surface area contributed by atoms with Crippen molar-refractivity contribution in [2.75, 3.05) is 18.0 Å². The van der Waals surface area contributed by atoms with Gasteiger partial charge < -0.3 is 4.90 Å². The molecule has 0 saturated carbocycles. The lowest BCUT2D eigenvalue weighted by Crippen LogP contribution is -2.27. The Labute approximate surface area is 109 Å². The van der Waals surface area contributed by atoms with E-state index in [0.29, 0.717) is 5.41 Å². The lowest BCUT2D eigenvalue weighted by atomic mass is 9.85. The summed E-state index contributed by atoms with van der Waals surface area (Å²) in [5.74, 6) is 0.993. The topological polar surface area (TPSA) is 44.9 Å². The zero-order valence-corrected chi connectivity index (χ0v) is 11.8. The zero-order chi connectivity index (χ0) is 13.3. The summed E-state index contributed by atoms with van der Waals surface area (Å²) in [6.45, 7) is 8.61. The van der Waals surface area contributed by atoms with Crippen LogP contribution in [0, 0.1) is 23.7 Å². The van der Waals surface area contributed by atoms with E-state index in [2.05, 4.69) is 29.9 Å². The Morgan fingerprint density at radius 2 is 2.00 bits per heavy atom. The number of rotatable bonds is 1. The van der Waals surface area contributed by atoms with Crippen LogP contribution in [-0.2, 0) is 7.05 Å². The first kappa shape index (κ1) is 12.9. The summed E-state index contributed by atoms with van der Waals surface area (Å²) >= 11 is 0. The molecule has 1 aliphatic heterocycles. The molecule has 2 rings (SSSR count). The van der Waals surface area contributed by atoms with Crippen LogP contribution in [-0.4, -0.2) is 22.9 Å². The minimum Gasteiger partial charge on any atom is -0.356 e. The van der Waals surface area contributed by atoms with Crippen LogP contribution in [0.4, 0.5) is 5.82 Å². The Balaban J connectivity index is 2.30. The van der Waals surface area contributed by atoms with Crippen LogP contribution in [0.25, 0.3) is 0 Å². The predicted octanol–water partition coefficient (Wildman–Crippen LogP) is 2.62. The van der Waals surface area contributed by atoms with Crippen molar-refractivity contribution in [3.63, 3.8) is 0 Å². The molecular weight excluding hydrogens is 224 g/mol. The normalized spacial score (nSPS) is 19.4. The van der Waals surface area contributed by atoms with E-state index in [1.165, 1.54) is 19.3 Å². The lowest BCUT2D eigenvalue weighted by Gasteiger charge is -2.24. The molecule has 0 unspecified atom stereocenters. The Morgan fingerprint density at radius 3 is 2.67 bits per heavy atom. The minimum absolute atomic E-state index is 0.412. The fourth-order valence-corrected chi connectivity index (χ4v) is 2.77. The molecule has 0 spiro atoms. The summed E-state index contributed by atoms with van der Waals surface area (Å²) in [6, 6.07) is 2.30. The second-order valence-electron chi connectivity index (χ2n) is 6.02. The first-order chi connectivity index (χ1) is 8.44. The van der Waals surface area contributed by atoms with E-state index in [-0.39, 0.29) is 0 Å². The quantitative estimate of drug-likeness (QED) is 0.765. The lowest BCUT2D eigenvalue weighted by molar-refractivity contribution is 0.325. The molecular formula is C14H22N4. The van der Waals surface area contributed by atoms with Crippen LogP contribution in [0.1, 0.15) is 44.4 Å². The van der Waals surface area contributed by atoms with Crippen molar-refractivity contribution in [1.29, 1.82) is 5.26 Å². The maximum absolute atomic E-state index is 9.29. The molecule has 4 heteroatoms. The highest BCUT2D eigenvalue weighted by molar-refractivity contribution is 5.57. The Morgan fingerprint density at radius 1 is 1.28 bits per heavy atom. The number of hydrogen-bond donors (Lipinski definition) is 0. The molecule has 0 radical (unpaired) electrons. The van der Waals surface area contributed by atoms with Crippen molar-refractivity contribution >= 4 is 5.82 Å². The molecule has 0 bridgehead atoms. The van der Waals surface area contributed by atoms with E-state index in [0.717, 1.165) is 30.2 Å². The van der Waals surface area contributed by atoms with Gasteiger partial charge in [0.15, 0.2) is 0 Å². The molecule has 0 atom stereocenters. The number of aryl methyl sites for hydroxylation is 2. The number of anilines is 1. The summed E-state index contributed by atoms with van der Waals surface area (Å²) in [7, 11) is 1.93. The summed E-state index contributed by atoms with van der Waals surface area (Å²) in [5, 5.41) is 13.7. The average molecular weight is 246 g/mol. The van der Waals surface area contributed by atoms with Crippen LogP contribution in [0.3, 0.4) is 0 Å². The van der Waals surface area contributed by atoms with Crippen LogP contribution in [0.15, 0.2) is 0 Å². The third-order valence-corrected chi connectivity index (χ3v) is 3.94. The maximum atomic E-state index is 9.29. The summed E-state index contributed by atoms with van der Waals surface area (Å²) in [5.41, 5.74) is 1.98. The third kappa shape index (κ3) is 2.35. The Kier molecular flexibility index (Phi) is 3.34. The van der Waals surface area contributed by atoms with Gasteiger partial charge >= 0.3 is 0 Å². The number of nitriles is 1. The largest absolute Gasteiger partial charge is 0.356 e. The average Bonchev–Trinajstić information content (AvgIpc) is 2.45. The highest BCUT2D eigenvalue weighted by Crippen LogP contribution is 2.32. The van der Waals surface area contributed by atoms with Gasteiger partial charge in [-0.3, -0.25) is 4.68 Å². The Bertz CT molecular complexity index is 479. The highest BCUT2D eigenvalue weighted by atomic mass is 15.4. The summed E-state index contributed by atoms with van der Waals surface area (Å²) in [4.78, 5) is 2.33. The summed E-state index contributed by atoms with van der Waals surface area (Å²) < 4.78 is 1.85. The molecule has 2 heterocycles. The smallest absolute Gasteiger partial charge is 0.144 e. The molecule has 4 nitrogen and oxygen atoms in total. The van der Waals surface area contributed by atoms with E-state index in [4.69, 9.17) is 0 Å². The van der Waals surface area contributed by atoms with Gasteiger partial charge in [-0.1, -0.05) is 13.8 Å². The van der Waals surface area contributed by atoms with E-state index in [1.807, 2.05) is 18.7 Å². The van der Waals surface area contributed by atoms with Gasteiger partial charge in [-0.2, -0.15) is 10.4 Å². The van der Waals surface area contributed by atoms with Gasteiger partial charge in [0.1, 0.15) is 17.5 Å². The van der Waals surface area contributed by atoms with Gasteiger partial charge in [-0.25, -0.2) is 0 Å². The standard InChI is InChI=1S/C14H22N4/c1-11-12(10-15)13(17(4)16-11)18-8-5-6-14(2,3)7-9-18/h5-9H2,1-4H3.